The number of carbonyl (C=O) groups excluding carboxylic acids is 2. The van der Waals surface area contributed by atoms with E-state index in [1.165, 1.54) is 12.8 Å². The highest BCUT2D eigenvalue weighted by Gasteiger charge is 2.31. The number of urea groups is 1. The lowest BCUT2D eigenvalue weighted by Gasteiger charge is -2.21. The molecule has 2 N–H and O–H groups in total. The van der Waals surface area contributed by atoms with Gasteiger partial charge in [-0.1, -0.05) is 12.8 Å². The van der Waals surface area contributed by atoms with Crippen LogP contribution in [0, 0.1) is 5.92 Å². The monoisotopic (exact) mass is 267 g/mol. The SMILES string of the molecule is CC(C)N1CC(CNC(=O)NC2CCCC2)CC1=O. The standard InChI is InChI=1S/C14H25N3O2/c1-10(2)17-9-11(7-13(17)18)8-15-14(19)16-12-5-3-4-6-12/h10-12H,3-9H2,1-2H3,(H2,15,16,19). The predicted molar refractivity (Wildman–Crippen MR) is 73.7 cm³/mol. The first-order valence-electron chi connectivity index (χ1n) is 7.40. The summed E-state index contributed by atoms with van der Waals surface area (Å²) in [5.74, 6) is 0.460. The number of nitrogens with one attached hydrogen (secondary N) is 2. The Morgan fingerprint density at radius 2 is 2.05 bits per heavy atom. The van der Waals surface area contributed by atoms with Gasteiger partial charge in [-0.05, 0) is 26.7 Å². The summed E-state index contributed by atoms with van der Waals surface area (Å²) in [7, 11) is 0. The number of hydrogen-bond donors (Lipinski definition) is 2. The van der Waals surface area contributed by atoms with E-state index in [0.717, 1.165) is 19.4 Å². The molecule has 2 fully saturated rings. The molecule has 1 aliphatic carbocycles. The lowest BCUT2D eigenvalue weighted by Crippen LogP contribution is -2.43. The molecule has 19 heavy (non-hydrogen) atoms. The third-order valence-electron chi connectivity index (χ3n) is 4.10. The molecular weight excluding hydrogens is 242 g/mol. The van der Waals surface area contributed by atoms with Gasteiger partial charge in [-0.2, -0.15) is 0 Å². The van der Waals surface area contributed by atoms with E-state index >= 15 is 0 Å². The fourth-order valence-corrected chi connectivity index (χ4v) is 2.99. The third-order valence-corrected chi connectivity index (χ3v) is 4.10. The first-order valence-corrected chi connectivity index (χ1v) is 7.40. The predicted octanol–water partition coefficient (Wildman–Crippen LogP) is 1.49. The van der Waals surface area contributed by atoms with Gasteiger partial charge in [-0.15, -0.1) is 0 Å². The normalized spacial score (nSPS) is 24.3. The van der Waals surface area contributed by atoms with Gasteiger partial charge in [0.15, 0.2) is 0 Å². The molecule has 0 aromatic rings. The fourth-order valence-electron chi connectivity index (χ4n) is 2.99. The lowest BCUT2D eigenvalue weighted by atomic mass is 10.1. The first kappa shape index (κ1) is 14.2. The minimum absolute atomic E-state index is 0.0812. The van der Waals surface area contributed by atoms with Crippen LogP contribution >= 0.6 is 0 Å². The lowest BCUT2D eigenvalue weighted by molar-refractivity contribution is -0.129. The van der Waals surface area contributed by atoms with E-state index in [1.807, 2.05) is 18.7 Å². The molecular formula is C14H25N3O2. The Hall–Kier alpha value is -1.26. The summed E-state index contributed by atoms with van der Waals surface area (Å²) in [6.07, 6.45) is 5.17. The molecule has 1 saturated heterocycles. The van der Waals surface area contributed by atoms with Crippen molar-refractivity contribution in [1.29, 1.82) is 0 Å². The van der Waals surface area contributed by atoms with E-state index in [-0.39, 0.29) is 23.9 Å². The van der Waals surface area contributed by atoms with Gasteiger partial charge in [0.1, 0.15) is 0 Å². The van der Waals surface area contributed by atoms with Crippen molar-refractivity contribution in [3.63, 3.8) is 0 Å². The topological polar surface area (TPSA) is 61.4 Å². The van der Waals surface area contributed by atoms with E-state index < -0.39 is 0 Å². The molecule has 5 nitrogen and oxygen atoms in total. The van der Waals surface area contributed by atoms with Crippen LogP contribution in [0.3, 0.4) is 0 Å². The molecule has 0 aromatic carbocycles. The van der Waals surface area contributed by atoms with Crippen molar-refractivity contribution in [2.24, 2.45) is 5.92 Å². The molecule has 3 amide bonds. The van der Waals surface area contributed by atoms with Gasteiger partial charge in [-0.3, -0.25) is 4.79 Å². The van der Waals surface area contributed by atoms with Gasteiger partial charge in [0.05, 0.1) is 0 Å². The Bertz CT molecular complexity index is 338. The Morgan fingerprint density at radius 3 is 2.63 bits per heavy atom. The minimum Gasteiger partial charge on any atom is -0.340 e. The van der Waals surface area contributed by atoms with Crippen LogP contribution < -0.4 is 10.6 Å². The second-order valence-corrected chi connectivity index (χ2v) is 6.05. The van der Waals surface area contributed by atoms with Gasteiger partial charge in [0.25, 0.3) is 0 Å². The Labute approximate surface area is 115 Å². The van der Waals surface area contributed by atoms with Crippen LogP contribution in [0.4, 0.5) is 4.79 Å². The summed E-state index contributed by atoms with van der Waals surface area (Å²) in [6, 6.07) is 0.518. The zero-order chi connectivity index (χ0) is 13.8. The van der Waals surface area contributed by atoms with Crippen molar-refractivity contribution in [2.45, 2.75) is 58.0 Å². The average molecular weight is 267 g/mol. The average Bonchev–Trinajstić information content (AvgIpc) is 2.96. The van der Waals surface area contributed by atoms with Crippen molar-refractivity contribution < 1.29 is 9.59 Å². The zero-order valence-electron chi connectivity index (χ0n) is 11.9. The van der Waals surface area contributed by atoms with Gasteiger partial charge in [0, 0.05) is 37.5 Å². The highest BCUT2D eigenvalue weighted by Crippen LogP contribution is 2.19. The smallest absolute Gasteiger partial charge is 0.315 e. The summed E-state index contributed by atoms with van der Waals surface area (Å²) in [6.45, 7) is 5.41. The van der Waals surface area contributed by atoms with Crippen LogP contribution in [0.15, 0.2) is 0 Å². The molecule has 2 rings (SSSR count). The second-order valence-electron chi connectivity index (χ2n) is 6.05. The molecule has 0 bridgehead atoms. The van der Waals surface area contributed by atoms with Crippen LogP contribution in [0.5, 0.6) is 0 Å². The molecule has 1 aliphatic heterocycles. The van der Waals surface area contributed by atoms with Crippen molar-refractivity contribution in [3.05, 3.63) is 0 Å². The first-order chi connectivity index (χ1) is 9.06. The number of nitrogens with zero attached hydrogens (tertiary/aromatic N) is 1. The maximum Gasteiger partial charge on any atom is 0.315 e. The zero-order valence-corrected chi connectivity index (χ0v) is 11.9. The minimum atomic E-state index is -0.0812. The van der Waals surface area contributed by atoms with Crippen molar-refractivity contribution in [1.82, 2.24) is 15.5 Å². The summed E-state index contributed by atoms with van der Waals surface area (Å²) in [5, 5.41) is 5.90. The van der Waals surface area contributed by atoms with Crippen LogP contribution in [-0.4, -0.2) is 42.0 Å². The van der Waals surface area contributed by atoms with E-state index in [9.17, 15) is 9.59 Å². The Morgan fingerprint density at radius 1 is 1.37 bits per heavy atom. The molecule has 5 heteroatoms. The van der Waals surface area contributed by atoms with Gasteiger partial charge in [-0.25, -0.2) is 4.79 Å². The molecule has 0 aromatic heterocycles. The Kier molecular flexibility index (Phi) is 4.66. The van der Waals surface area contributed by atoms with Crippen molar-refractivity contribution in [2.75, 3.05) is 13.1 Å². The van der Waals surface area contributed by atoms with E-state index in [1.54, 1.807) is 0 Å². The largest absolute Gasteiger partial charge is 0.340 e. The van der Waals surface area contributed by atoms with Gasteiger partial charge in [0.2, 0.25) is 5.91 Å². The van der Waals surface area contributed by atoms with E-state index in [0.29, 0.717) is 19.0 Å². The number of rotatable bonds is 4. The molecule has 1 saturated carbocycles. The van der Waals surface area contributed by atoms with Crippen molar-refractivity contribution >= 4 is 11.9 Å². The number of hydrogen-bond acceptors (Lipinski definition) is 2. The summed E-state index contributed by atoms with van der Waals surface area (Å²) >= 11 is 0. The number of carbonyl (C=O) groups is 2. The maximum atomic E-state index is 11.7. The highest BCUT2D eigenvalue weighted by molar-refractivity contribution is 5.79. The van der Waals surface area contributed by atoms with Gasteiger partial charge < -0.3 is 15.5 Å². The van der Waals surface area contributed by atoms with Crippen LogP contribution in [-0.2, 0) is 4.79 Å². The van der Waals surface area contributed by atoms with Gasteiger partial charge >= 0.3 is 6.03 Å². The second kappa shape index (κ2) is 6.26. The Balaban J connectivity index is 1.68. The molecule has 108 valence electrons. The molecule has 0 spiro atoms. The fraction of sp³-hybridized carbons (Fsp3) is 0.857. The van der Waals surface area contributed by atoms with E-state index in [2.05, 4.69) is 10.6 Å². The number of amides is 3. The maximum absolute atomic E-state index is 11.7. The molecule has 1 atom stereocenters. The van der Waals surface area contributed by atoms with Crippen LogP contribution in [0.2, 0.25) is 0 Å². The number of likely N-dealkylation sites (tertiary alicyclic amines) is 1. The molecule has 1 heterocycles. The molecule has 0 radical (unpaired) electrons. The highest BCUT2D eigenvalue weighted by atomic mass is 16.2. The van der Waals surface area contributed by atoms with E-state index in [4.69, 9.17) is 0 Å². The summed E-state index contributed by atoms with van der Waals surface area (Å²) in [4.78, 5) is 25.4. The van der Waals surface area contributed by atoms with Crippen LogP contribution in [0.25, 0.3) is 0 Å². The molecule has 2 aliphatic rings. The summed E-state index contributed by atoms with van der Waals surface area (Å²) in [5.41, 5.74) is 0. The molecule has 1 unspecified atom stereocenters. The summed E-state index contributed by atoms with van der Waals surface area (Å²) < 4.78 is 0. The van der Waals surface area contributed by atoms with Crippen molar-refractivity contribution in [3.8, 4) is 0 Å². The van der Waals surface area contributed by atoms with Crippen LogP contribution in [0.1, 0.15) is 46.0 Å². The quantitative estimate of drug-likeness (QED) is 0.810. The third kappa shape index (κ3) is 3.85.